The minimum absolute atomic E-state index is 0.0253. The molecular weight excluding hydrogens is 400 g/mol. The molecule has 20 heavy (non-hydrogen) atoms. The minimum atomic E-state index is -4.34. The molecule has 1 aromatic carbocycles. The summed E-state index contributed by atoms with van der Waals surface area (Å²) in [5.74, 6) is 0.113. The van der Waals surface area contributed by atoms with Crippen molar-refractivity contribution in [2.24, 2.45) is 0 Å². The lowest BCUT2D eigenvalue weighted by Gasteiger charge is -2.21. The molecule has 5 heteroatoms. The Morgan fingerprint density at radius 1 is 1.25 bits per heavy atom. The molecule has 1 aromatic rings. The van der Waals surface area contributed by atoms with Crippen molar-refractivity contribution < 1.29 is 13.2 Å². The Morgan fingerprint density at radius 3 is 2.40 bits per heavy atom. The van der Waals surface area contributed by atoms with Crippen LogP contribution in [0, 0.1) is 0 Å². The molecule has 0 N–H and O–H groups in total. The van der Waals surface area contributed by atoms with Gasteiger partial charge in [0.2, 0.25) is 0 Å². The normalized spacial score (nSPS) is 17.2. The third-order valence-corrected chi connectivity index (χ3v) is 4.47. The fourth-order valence-electron chi connectivity index (χ4n) is 2.94. The van der Waals surface area contributed by atoms with Crippen LogP contribution in [0.3, 0.4) is 0 Å². The lowest BCUT2D eigenvalue weighted by Crippen LogP contribution is -2.14. The van der Waals surface area contributed by atoms with Crippen LogP contribution in [0.1, 0.15) is 53.9 Å². The van der Waals surface area contributed by atoms with Gasteiger partial charge in [0.15, 0.2) is 0 Å². The molecule has 1 saturated carbocycles. The van der Waals surface area contributed by atoms with E-state index in [2.05, 4.69) is 0 Å². The van der Waals surface area contributed by atoms with Gasteiger partial charge in [-0.25, -0.2) is 0 Å². The predicted octanol–water partition coefficient (Wildman–Crippen LogP) is 6.51. The number of hydrogen-bond donors (Lipinski definition) is 0. The second kappa shape index (κ2) is 6.69. The van der Waals surface area contributed by atoms with Crippen LogP contribution in [-0.4, -0.2) is 0 Å². The SMILES string of the molecule is FC(F)(F)c1c(C2CCCC2)ccc(CCl)c1/C=C/I. The first-order valence-corrected chi connectivity index (χ1v) is 8.32. The first-order valence-electron chi connectivity index (χ1n) is 6.54. The van der Waals surface area contributed by atoms with E-state index >= 15 is 0 Å². The highest BCUT2D eigenvalue weighted by atomic mass is 127. The lowest BCUT2D eigenvalue weighted by atomic mass is 9.87. The molecule has 0 atom stereocenters. The van der Waals surface area contributed by atoms with Crippen molar-refractivity contribution in [3.63, 3.8) is 0 Å². The summed E-state index contributed by atoms with van der Waals surface area (Å²) in [4.78, 5) is 0. The van der Waals surface area contributed by atoms with Gasteiger partial charge >= 0.3 is 6.18 Å². The van der Waals surface area contributed by atoms with E-state index in [-0.39, 0.29) is 17.4 Å². The zero-order valence-corrected chi connectivity index (χ0v) is 13.7. The summed E-state index contributed by atoms with van der Waals surface area (Å²) in [5, 5.41) is 0. The molecule has 0 radical (unpaired) electrons. The first-order chi connectivity index (χ1) is 9.49. The van der Waals surface area contributed by atoms with Crippen molar-refractivity contribution in [3.05, 3.63) is 38.5 Å². The zero-order valence-electron chi connectivity index (χ0n) is 10.8. The van der Waals surface area contributed by atoms with Crippen LogP contribution in [0.25, 0.3) is 6.08 Å². The maximum absolute atomic E-state index is 13.5. The average Bonchev–Trinajstić information content (AvgIpc) is 2.91. The van der Waals surface area contributed by atoms with Gasteiger partial charge in [0, 0.05) is 5.88 Å². The van der Waals surface area contributed by atoms with Gasteiger partial charge < -0.3 is 0 Å². The van der Waals surface area contributed by atoms with Crippen molar-refractivity contribution in [1.29, 1.82) is 0 Å². The summed E-state index contributed by atoms with van der Waals surface area (Å²) >= 11 is 7.74. The molecule has 0 nitrogen and oxygen atoms in total. The molecule has 1 fully saturated rings. The van der Waals surface area contributed by atoms with Gasteiger partial charge in [-0.3, -0.25) is 0 Å². The van der Waals surface area contributed by atoms with E-state index in [1.807, 2.05) is 22.6 Å². The van der Waals surface area contributed by atoms with Gasteiger partial charge in [0.05, 0.1) is 5.56 Å². The highest BCUT2D eigenvalue weighted by Crippen LogP contribution is 2.44. The van der Waals surface area contributed by atoms with Crippen molar-refractivity contribution in [2.45, 2.75) is 43.7 Å². The van der Waals surface area contributed by atoms with E-state index in [1.165, 1.54) is 6.08 Å². The van der Waals surface area contributed by atoms with Crippen molar-refractivity contribution in [3.8, 4) is 0 Å². The molecular formula is C15H15ClF3I. The van der Waals surface area contributed by atoms with Gasteiger partial charge in [-0.15, -0.1) is 11.6 Å². The first kappa shape index (κ1) is 16.1. The molecule has 0 aromatic heterocycles. The minimum Gasteiger partial charge on any atom is -0.166 e. The summed E-state index contributed by atoms with van der Waals surface area (Å²) in [6.45, 7) is 0. The second-order valence-electron chi connectivity index (χ2n) is 5.01. The fraction of sp³-hybridized carbons (Fsp3) is 0.467. The van der Waals surface area contributed by atoms with Crippen LogP contribution >= 0.6 is 34.2 Å². The Labute approximate surface area is 135 Å². The third-order valence-electron chi connectivity index (χ3n) is 3.82. The fourth-order valence-corrected chi connectivity index (χ4v) is 3.54. The van der Waals surface area contributed by atoms with E-state index < -0.39 is 11.7 Å². The van der Waals surface area contributed by atoms with Crippen LogP contribution in [0.5, 0.6) is 0 Å². The van der Waals surface area contributed by atoms with Crippen molar-refractivity contribution in [1.82, 2.24) is 0 Å². The molecule has 0 aliphatic heterocycles. The van der Waals surface area contributed by atoms with E-state index in [9.17, 15) is 13.2 Å². The van der Waals surface area contributed by atoms with Gasteiger partial charge in [0.1, 0.15) is 0 Å². The number of alkyl halides is 4. The molecule has 0 bridgehead atoms. The second-order valence-corrected chi connectivity index (χ2v) is 5.99. The van der Waals surface area contributed by atoms with Crippen molar-refractivity contribution in [2.75, 3.05) is 0 Å². The van der Waals surface area contributed by atoms with Crippen LogP contribution in [0.15, 0.2) is 16.2 Å². The molecule has 0 saturated heterocycles. The van der Waals surface area contributed by atoms with Gasteiger partial charge in [-0.2, -0.15) is 13.2 Å². The molecule has 0 amide bonds. The molecule has 0 heterocycles. The summed E-state index contributed by atoms with van der Waals surface area (Å²) < 4.78 is 42.2. The third kappa shape index (κ3) is 3.32. The largest absolute Gasteiger partial charge is 0.417 e. The van der Waals surface area contributed by atoms with Crippen LogP contribution in [-0.2, 0) is 12.1 Å². The van der Waals surface area contributed by atoms with Crippen LogP contribution < -0.4 is 0 Å². The Bertz CT molecular complexity index is 503. The maximum atomic E-state index is 13.5. The molecule has 2 rings (SSSR count). The van der Waals surface area contributed by atoms with Crippen LogP contribution in [0.4, 0.5) is 13.2 Å². The molecule has 0 unspecified atom stereocenters. The van der Waals surface area contributed by atoms with E-state index in [1.54, 1.807) is 16.2 Å². The van der Waals surface area contributed by atoms with E-state index in [0.29, 0.717) is 11.1 Å². The smallest absolute Gasteiger partial charge is 0.166 e. The van der Waals surface area contributed by atoms with Gasteiger partial charge in [-0.05, 0) is 45.6 Å². The summed E-state index contributed by atoms with van der Waals surface area (Å²) in [6, 6.07) is 3.36. The maximum Gasteiger partial charge on any atom is 0.417 e. The highest BCUT2D eigenvalue weighted by Gasteiger charge is 2.38. The number of hydrogen-bond acceptors (Lipinski definition) is 0. The molecule has 0 spiro atoms. The summed E-state index contributed by atoms with van der Waals surface area (Å²) in [6.07, 6.45) is 0.881. The number of rotatable bonds is 3. The zero-order chi connectivity index (χ0) is 14.8. The van der Waals surface area contributed by atoms with Gasteiger partial charge in [0.25, 0.3) is 0 Å². The number of halogens is 5. The topological polar surface area (TPSA) is 0 Å². The summed E-state index contributed by atoms with van der Waals surface area (Å²) in [7, 11) is 0. The number of benzene rings is 1. The Hall–Kier alpha value is -0.230. The van der Waals surface area contributed by atoms with Gasteiger partial charge in [-0.1, -0.05) is 47.6 Å². The molecule has 110 valence electrons. The standard InChI is InChI=1S/C15H15ClF3I/c16-9-11-5-6-12(10-3-1-2-4-10)14(15(17,18)19)13(11)7-8-20/h5-8,10H,1-4,9H2/b8-7+. The quantitative estimate of drug-likeness (QED) is 0.391. The Morgan fingerprint density at radius 2 is 1.90 bits per heavy atom. The monoisotopic (exact) mass is 414 g/mol. The lowest BCUT2D eigenvalue weighted by molar-refractivity contribution is -0.138. The molecule has 1 aliphatic carbocycles. The Kier molecular flexibility index (Phi) is 5.40. The summed E-state index contributed by atoms with van der Waals surface area (Å²) in [5.41, 5.74) is 0.712. The average molecular weight is 415 g/mol. The highest BCUT2D eigenvalue weighted by molar-refractivity contribution is 14.1. The van der Waals surface area contributed by atoms with Crippen LogP contribution in [0.2, 0.25) is 0 Å². The van der Waals surface area contributed by atoms with Crippen molar-refractivity contribution >= 4 is 40.3 Å². The molecule has 1 aliphatic rings. The Balaban J connectivity index is 2.65. The van der Waals surface area contributed by atoms with E-state index in [4.69, 9.17) is 11.6 Å². The van der Waals surface area contributed by atoms with E-state index in [0.717, 1.165) is 25.7 Å². The predicted molar refractivity (Wildman–Crippen MR) is 85.3 cm³/mol.